The van der Waals surface area contributed by atoms with Crippen LogP contribution < -0.4 is 4.74 Å². The predicted molar refractivity (Wildman–Crippen MR) is 71.5 cm³/mol. The number of aryl methyl sites for hydroxylation is 1. The van der Waals surface area contributed by atoms with E-state index in [1.54, 1.807) is 4.68 Å². The van der Waals surface area contributed by atoms with Gasteiger partial charge in [-0.2, -0.15) is 13.9 Å². The highest BCUT2D eigenvalue weighted by Crippen LogP contribution is 2.25. The van der Waals surface area contributed by atoms with Crippen molar-refractivity contribution in [2.75, 3.05) is 0 Å². The average Bonchev–Trinajstić information content (AvgIpc) is 2.83. The van der Waals surface area contributed by atoms with Crippen molar-refractivity contribution >= 4 is 5.97 Å². The van der Waals surface area contributed by atoms with Gasteiger partial charge in [0, 0.05) is 18.3 Å². The van der Waals surface area contributed by atoms with E-state index >= 15 is 0 Å². The van der Waals surface area contributed by atoms with Gasteiger partial charge in [-0.15, -0.1) is 0 Å². The lowest BCUT2D eigenvalue weighted by Gasteiger charge is -2.05. The van der Waals surface area contributed by atoms with Crippen molar-refractivity contribution in [2.24, 2.45) is 0 Å². The van der Waals surface area contributed by atoms with Crippen molar-refractivity contribution in [3.63, 3.8) is 0 Å². The molecule has 0 saturated carbocycles. The Bertz CT molecular complexity index is 624. The van der Waals surface area contributed by atoms with E-state index in [2.05, 4.69) is 9.84 Å². The number of ether oxygens (including phenoxy) is 1. The molecule has 0 aliphatic heterocycles. The van der Waals surface area contributed by atoms with Crippen molar-refractivity contribution in [1.82, 2.24) is 9.78 Å². The molecule has 0 aliphatic carbocycles. The van der Waals surface area contributed by atoms with Crippen molar-refractivity contribution in [3.05, 3.63) is 36.0 Å². The summed E-state index contributed by atoms with van der Waals surface area (Å²) in [6, 6.07) is 5.71. The highest BCUT2D eigenvalue weighted by molar-refractivity contribution is 5.94. The minimum atomic E-state index is -2.89. The minimum Gasteiger partial charge on any atom is -0.478 e. The molecule has 5 nitrogen and oxygen atoms in total. The van der Waals surface area contributed by atoms with Gasteiger partial charge in [0.2, 0.25) is 0 Å². The third-order valence-corrected chi connectivity index (χ3v) is 2.80. The Morgan fingerprint density at radius 2 is 2.05 bits per heavy atom. The highest BCUT2D eigenvalue weighted by Gasteiger charge is 2.17. The Balaban J connectivity index is 2.34. The first-order valence-corrected chi connectivity index (χ1v) is 6.37. The first-order valence-electron chi connectivity index (χ1n) is 6.37. The summed E-state index contributed by atoms with van der Waals surface area (Å²) in [5.74, 6) is -1.07. The Hall–Kier alpha value is -2.44. The molecule has 1 heterocycles. The molecule has 0 spiro atoms. The van der Waals surface area contributed by atoms with E-state index in [1.165, 1.54) is 30.5 Å². The summed E-state index contributed by atoms with van der Waals surface area (Å²) in [4.78, 5) is 11.2. The number of alkyl halides is 2. The number of carboxylic acid groups (broad SMARTS) is 1. The molecule has 112 valence electrons. The molecule has 0 saturated heterocycles. The summed E-state index contributed by atoms with van der Waals surface area (Å²) in [5.41, 5.74) is 0.911. The summed E-state index contributed by atoms with van der Waals surface area (Å²) in [6.07, 6.45) is 2.28. The predicted octanol–water partition coefficient (Wildman–Crippen LogP) is 3.26. The van der Waals surface area contributed by atoms with Crippen molar-refractivity contribution in [2.45, 2.75) is 26.5 Å². The second-order valence-corrected chi connectivity index (χ2v) is 4.36. The van der Waals surface area contributed by atoms with Crippen LogP contribution in [-0.2, 0) is 6.54 Å². The quantitative estimate of drug-likeness (QED) is 0.888. The van der Waals surface area contributed by atoms with E-state index in [-0.39, 0.29) is 11.3 Å². The van der Waals surface area contributed by atoms with Crippen LogP contribution in [0, 0.1) is 0 Å². The summed E-state index contributed by atoms with van der Waals surface area (Å²) in [5, 5.41) is 13.4. The van der Waals surface area contributed by atoms with Crippen LogP contribution in [0.25, 0.3) is 11.3 Å². The van der Waals surface area contributed by atoms with E-state index < -0.39 is 12.6 Å². The fourth-order valence-electron chi connectivity index (χ4n) is 1.93. The number of aromatic carboxylic acids is 1. The zero-order valence-electron chi connectivity index (χ0n) is 11.3. The topological polar surface area (TPSA) is 64.4 Å². The largest absolute Gasteiger partial charge is 0.478 e. The fraction of sp³-hybridized carbons (Fsp3) is 0.286. The number of hydrogen-bond acceptors (Lipinski definition) is 3. The summed E-state index contributed by atoms with van der Waals surface area (Å²) in [7, 11) is 0. The maximum absolute atomic E-state index is 12.1. The molecule has 2 rings (SSSR count). The maximum atomic E-state index is 12.1. The Morgan fingerprint density at radius 3 is 2.57 bits per heavy atom. The van der Waals surface area contributed by atoms with Crippen LogP contribution in [0.1, 0.15) is 23.7 Å². The molecule has 1 aromatic heterocycles. The molecule has 0 radical (unpaired) electrons. The molecule has 0 bridgehead atoms. The Morgan fingerprint density at radius 1 is 1.38 bits per heavy atom. The van der Waals surface area contributed by atoms with Gasteiger partial charge in [-0.1, -0.05) is 6.92 Å². The van der Waals surface area contributed by atoms with Gasteiger partial charge in [0.15, 0.2) is 0 Å². The van der Waals surface area contributed by atoms with Gasteiger partial charge < -0.3 is 9.84 Å². The number of nitrogens with zero attached hydrogens (tertiary/aromatic N) is 2. The third-order valence-electron chi connectivity index (χ3n) is 2.80. The van der Waals surface area contributed by atoms with Gasteiger partial charge in [-0.25, -0.2) is 4.79 Å². The molecule has 2 aromatic rings. The number of carbonyl (C=O) groups is 1. The summed E-state index contributed by atoms with van der Waals surface area (Å²) >= 11 is 0. The Kier molecular flexibility index (Phi) is 4.52. The molecule has 0 amide bonds. The smallest absolute Gasteiger partial charge is 0.387 e. The van der Waals surface area contributed by atoms with Crippen molar-refractivity contribution < 1.29 is 23.4 Å². The van der Waals surface area contributed by atoms with Crippen LogP contribution in [0.15, 0.2) is 30.5 Å². The van der Waals surface area contributed by atoms with E-state index in [0.717, 1.165) is 6.42 Å². The van der Waals surface area contributed by atoms with Gasteiger partial charge in [-0.05, 0) is 30.7 Å². The lowest BCUT2D eigenvalue weighted by atomic mass is 10.1. The zero-order valence-corrected chi connectivity index (χ0v) is 11.3. The molecule has 1 N–H and O–H groups in total. The van der Waals surface area contributed by atoms with E-state index in [1.807, 2.05) is 6.92 Å². The molecule has 0 unspecified atom stereocenters. The van der Waals surface area contributed by atoms with E-state index in [4.69, 9.17) is 0 Å². The molecular formula is C14H14F2N2O3. The fourth-order valence-corrected chi connectivity index (χ4v) is 1.93. The second kappa shape index (κ2) is 6.34. The number of rotatable bonds is 6. The van der Waals surface area contributed by atoms with Crippen molar-refractivity contribution in [3.8, 4) is 17.0 Å². The van der Waals surface area contributed by atoms with E-state index in [0.29, 0.717) is 17.8 Å². The SMILES string of the molecule is CCCn1cc(C(=O)O)c(-c2ccc(OC(F)F)cc2)n1. The minimum absolute atomic E-state index is 0.0126. The van der Waals surface area contributed by atoms with Crippen LogP contribution in [-0.4, -0.2) is 27.5 Å². The summed E-state index contributed by atoms with van der Waals surface area (Å²) in [6.45, 7) is -0.334. The Labute approximate surface area is 119 Å². The normalized spacial score (nSPS) is 10.9. The number of aromatic nitrogens is 2. The average molecular weight is 296 g/mol. The highest BCUT2D eigenvalue weighted by atomic mass is 19.3. The standard InChI is InChI=1S/C14H14F2N2O3/c1-2-7-18-8-11(13(19)20)12(17-18)9-3-5-10(6-4-9)21-14(15)16/h3-6,8,14H,2,7H2,1H3,(H,19,20). The maximum Gasteiger partial charge on any atom is 0.387 e. The van der Waals surface area contributed by atoms with Gasteiger partial charge in [0.25, 0.3) is 0 Å². The lowest BCUT2D eigenvalue weighted by molar-refractivity contribution is -0.0498. The van der Waals surface area contributed by atoms with Gasteiger partial charge >= 0.3 is 12.6 Å². The number of hydrogen-bond donors (Lipinski definition) is 1. The summed E-state index contributed by atoms with van der Waals surface area (Å²) < 4.78 is 30.0. The molecule has 7 heteroatoms. The van der Waals surface area contributed by atoms with Gasteiger partial charge in [0.1, 0.15) is 17.0 Å². The second-order valence-electron chi connectivity index (χ2n) is 4.36. The van der Waals surface area contributed by atoms with Gasteiger partial charge in [-0.3, -0.25) is 4.68 Å². The van der Waals surface area contributed by atoms with Crippen LogP contribution in [0.5, 0.6) is 5.75 Å². The molecule has 0 atom stereocenters. The number of benzene rings is 1. The van der Waals surface area contributed by atoms with Crippen LogP contribution in [0.2, 0.25) is 0 Å². The third kappa shape index (κ3) is 3.56. The lowest BCUT2D eigenvalue weighted by Crippen LogP contribution is -2.01. The first kappa shape index (κ1) is 15.0. The van der Waals surface area contributed by atoms with Gasteiger partial charge in [0.05, 0.1) is 0 Å². The van der Waals surface area contributed by atoms with Crippen molar-refractivity contribution in [1.29, 1.82) is 0 Å². The number of halogens is 2. The number of carboxylic acids is 1. The molecular weight excluding hydrogens is 282 g/mol. The molecule has 1 aromatic carbocycles. The first-order chi connectivity index (χ1) is 10.0. The van der Waals surface area contributed by atoms with E-state index in [9.17, 15) is 18.7 Å². The molecule has 21 heavy (non-hydrogen) atoms. The molecule has 0 fully saturated rings. The van der Waals surface area contributed by atoms with Crippen LogP contribution in [0.4, 0.5) is 8.78 Å². The zero-order chi connectivity index (χ0) is 15.4. The van der Waals surface area contributed by atoms with Crippen LogP contribution >= 0.6 is 0 Å². The molecule has 0 aliphatic rings. The van der Waals surface area contributed by atoms with Crippen LogP contribution in [0.3, 0.4) is 0 Å². The monoisotopic (exact) mass is 296 g/mol.